The summed E-state index contributed by atoms with van der Waals surface area (Å²) >= 11 is 0. The second-order valence-electron chi connectivity index (χ2n) is 5.66. The van der Waals surface area contributed by atoms with Crippen LogP contribution < -0.4 is 0 Å². The predicted octanol–water partition coefficient (Wildman–Crippen LogP) is 3.32. The van der Waals surface area contributed by atoms with Crippen LogP contribution in [0.15, 0.2) is 48.6 Å². The number of benzene rings is 1. The topological polar surface area (TPSA) is 53.2 Å². The van der Waals surface area contributed by atoms with Gasteiger partial charge < -0.3 is 9.88 Å². The van der Waals surface area contributed by atoms with Crippen LogP contribution in [0.3, 0.4) is 0 Å². The minimum atomic E-state index is -0.0638. The summed E-state index contributed by atoms with van der Waals surface area (Å²) in [4.78, 5) is 28.3. The van der Waals surface area contributed by atoms with Gasteiger partial charge in [0.15, 0.2) is 0 Å². The maximum atomic E-state index is 12.4. The van der Waals surface area contributed by atoms with E-state index in [9.17, 15) is 9.59 Å². The number of allylic oxidation sites excluding steroid dienone is 2. The molecule has 0 saturated heterocycles. The number of hydrogen-bond acceptors (Lipinski definition) is 2. The third kappa shape index (κ3) is 2.84. The number of amides is 1. The number of hydrogen-bond donors (Lipinski definition) is 1. The molecule has 1 N–H and O–H groups in total. The van der Waals surface area contributed by atoms with Gasteiger partial charge in [0.1, 0.15) is 6.29 Å². The van der Waals surface area contributed by atoms with Crippen LogP contribution in [0, 0.1) is 0 Å². The number of para-hydroxylation sites is 1. The van der Waals surface area contributed by atoms with Crippen molar-refractivity contribution >= 4 is 23.1 Å². The lowest BCUT2D eigenvalue weighted by molar-refractivity contribution is -0.128. The van der Waals surface area contributed by atoms with E-state index in [2.05, 4.69) is 17.1 Å². The molecule has 0 spiro atoms. The molecule has 4 heteroatoms. The fraction of sp³-hybridized carbons (Fsp3) is 0.263. The molecule has 3 rings (SSSR count). The molecule has 0 radical (unpaired) electrons. The Hall–Kier alpha value is -2.62. The molecule has 0 unspecified atom stereocenters. The van der Waals surface area contributed by atoms with Crippen LogP contribution in [0.25, 0.3) is 10.9 Å². The summed E-state index contributed by atoms with van der Waals surface area (Å²) in [6, 6.07) is 8.16. The minimum absolute atomic E-state index is 0.0151. The van der Waals surface area contributed by atoms with Gasteiger partial charge in [0, 0.05) is 23.1 Å². The van der Waals surface area contributed by atoms with Gasteiger partial charge in [-0.3, -0.25) is 9.59 Å². The van der Waals surface area contributed by atoms with Gasteiger partial charge in [-0.2, -0.15) is 0 Å². The Morgan fingerprint density at radius 2 is 2.22 bits per heavy atom. The Morgan fingerprint density at radius 1 is 1.39 bits per heavy atom. The second kappa shape index (κ2) is 6.65. The summed E-state index contributed by atoms with van der Waals surface area (Å²) in [5.41, 5.74) is 3.47. The number of aromatic nitrogens is 1. The maximum absolute atomic E-state index is 12.4. The molecule has 4 nitrogen and oxygen atoms in total. The molecule has 1 atom stereocenters. The van der Waals surface area contributed by atoms with Gasteiger partial charge in [-0.05, 0) is 43.5 Å². The molecule has 1 aromatic carbocycles. The van der Waals surface area contributed by atoms with E-state index in [-0.39, 0.29) is 11.9 Å². The fourth-order valence-electron chi connectivity index (χ4n) is 3.33. The highest BCUT2D eigenvalue weighted by Gasteiger charge is 2.31. The summed E-state index contributed by atoms with van der Waals surface area (Å²) in [6.45, 7) is 2.54. The zero-order valence-electron chi connectivity index (χ0n) is 13.2. The Balaban J connectivity index is 2.04. The van der Waals surface area contributed by atoms with Crippen molar-refractivity contribution < 1.29 is 9.59 Å². The number of carbonyl (C=O) groups is 2. The SMILES string of the molecule is C/C=C/C(=O)N1CCc2c([nH]c3ccccc23)[C@@H]1C/C=C\C=O. The largest absolute Gasteiger partial charge is 0.356 e. The summed E-state index contributed by atoms with van der Waals surface area (Å²) in [5.74, 6) is 0.0151. The van der Waals surface area contributed by atoms with Crippen LogP contribution in [-0.4, -0.2) is 28.6 Å². The summed E-state index contributed by atoms with van der Waals surface area (Å²) < 4.78 is 0. The lowest BCUT2D eigenvalue weighted by Gasteiger charge is -2.34. The Bertz CT molecular complexity index is 786. The van der Waals surface area contributed by atoms with Crippen molar-refractivity contribution in [2.45, 2.75) is 25.8 Å². The molecule has 1 aliphatic heterocycles. The van der Waals surface area contributed by atoms with E-state index in [1.54, 1.807) is 12.2 Å². The van der Waals surface area contributed by atoms with Crippen LogP contribution in [0.1, 0.15) is 30.6 Å². The standard InChI is InChI=1S/C19H20N2O2/c1-2-7-18(23)21-12-11-15-14-8-3-4-9-16(14)20-19(15)17(21)10-5-6-13-22/h2-9,13,17,20H,10-12H2,1H3/b6-5-,7-2+/t17-/m0/s1. The van der Waals surface area contributed by atoms with Gasteiger partial charge in [0.2, 0.25) is 5.91 Å². The summed E-state index contributed by atoms with van der Waals surface area (Å²) in [7, 11) is 0. The molecule has 0 bridgehead atoms. The molecule has 2 aromatic rings. The van der Waals surface area contributed by atoms with Crippen molar-refractivity contribution in [1.82, 2.24) is 9.88 Å². The number of aromatic amines is 1. The molecule has 0 aliphatic carbocycles. The molecule has 0 fully saturated rings. The molecule has 1 aromatic heterocycles. The molecule has 0 saturated carbocycles. The average molecular weight is 308 g/mol. The first kappa shape index (κ1) is 15.3. The Morgan fingerprint density at radius 3 is 3.00 bits per heavy atom. The van der Waals surface area contributed by atoms with E-state index in [4.69, 9.17) is 0 Å². The molecule has 1 amide bonds. The lowest BCUT2D eigenvalue weighted by Crippen LogP contribution is -2.39. The number of carbonyl (C=O) groups excluding carboxylic acids is 2. The number of aldehydes is 1. The number of nitrogens with one attached hydrogen (secondary N) is 1. The molecule has 23 heavy (non-hydrogen) atoms. The van der Waals surface area contributed by atoms with Gasteiger partial charge in [-0.15, -0.1) is 0 Å². The number of H-pyrrole nitrogens is 1. The molecule has 118 valence electrons. The van der Waals surface area contributed by atoms with Crippen molar-refractivity contribution in [3.8, 4) is 0 Å². The minimum Gasteiger partial charge on any atom is -0.356 e. The number of nitrogens with zero attached hydrogens (tertiary/aromatic N) is 1. The maximum Gasteiger partial charge on any atom is 0.246 e. The zero-order chi connectivity index (χ0) is 16.2. The zero-order valence-corrected chi connectivity index (χ0v) is 13.2. The van der Waals surface area contributed by atoms with Crippen LogP contribution in [0.2, 0.25) is 0 Å². The lowest BCUT2D eigenvalue weighted by atomic mass is 9.95. The Labute approximate surface area is 135 Å². The summed E-state index contributed by atoms with van der Waals surface area (Å²) in [6.07, 6.45) is 8.93. The van der Waals surface area contributed by atoms with Crippen LogP contribution >= 0.6 is 0 Å². The highest BCUT2D eigenvalue weighted by atomic mass is 16.2. The Kier molecular flexibility index (Phi) is 4.42. The van der Waals surface area contributed by atoms with E-state index in [1.165, 1.54) is 17.0 Å². The van der Waals surface area contributed by atoms with E-state index in [0.29, 0.717) is 13.0 Å². The van der Waals surface area contributed by atoms with Crippen molar-refractivity contribution in [2.24, 2.45) is 0 Å². The highest BCUT2D eigenvalue weighted by Crippen LogP contribution is 2.36. The van der Waals surface area contributed by atoms with Gasteiger partial charge in [0.05, 0.1) is 6.04 Å². The van der Waals surface area contributed by atoms with Gasteiger partial charge >= 0.3 is 0 Å². The van der Waals surface area contributed by atoms with Crippen molar-refractivity contribution in [3.63, 3.8) is 0 Å². The molecular formula is C19H20N2O2. The smallest absolute Gasteiger partial charge is 0.246 e. The van der Waals surface area contributed by atoms with Crippen LogP contribution in [0.4, 0.5) is 0 Å². The second-order valence-corrected chi connectivity index (χ2v) is 5.66. The van der Waals surface area contributed by atoms with E-state index in [1.807, 2.05) is 30.0 Å². The van der Waals surface area contributed by atoms with E-state index >= 15 is 0 Å². The molecular weight excluding hydrogens is 288 g/mol. The number of fused-ring (bicyclic) bond motifs is 3. The van der Waals surface area contributed by atoms with Gasteiger partial charge in [-0.1, -0.05) is 30.4 Å². The first-order valence-electron chi connectivity index (χ1n) is 7.89. The van der Waals surface area contributed by atoms with E-state index < -0.39 is 0 Å². The molecule has 1 aliphatic rings. The van der Waals surface area contributed by atoms with Crippen LogP contribution in [0.5, 0.6) is 0 Å². The quantitative estimate of drug-likeness (QED) is 0.696. The first-order valence-corrected chi connectivity index (χ1v) is 7.89. The monoisotopic (exact) mass is 308 g/mol. The van der Waals surface area contributed by atoms with E-state index in [0.717, 1.165) is 23.9 Å². The van der Waals surface area contributed by atoms with Crippen molar-refractivity contribution in [2.75, 3.05) is 6.54 Å². The van der Waals surface area contributed by atoms with Gasteiger partial charge in [0.25, 0.3) is 0 Å². The van der Waals surface area contributed by atoms with Crippen molar-refractivity contribution in [3.05, 3.63) is 59.8 Å². The number of rotatable bonds is 4. The first-order chi connectivity index (χ1) is 11.3. The fourth-order valence-corrected chi connectivity index (χ4v) is 3.33. The normalized spacial score (nSPS) is 18.0. The van der Waals surface area contributed by atoms with Crippen LogP contribution in [-0.2, 0) is 16.0 Å². The average Bonchev–Trinajstić information content (AvgIpc) is 2.94. The highest BCUT2D eigenvalue weighted by molar-refractivity contribution is 5.90. The molecule has 2 heterocycles. The van der Waals surface area contributed by atoms with Gasteiger partial charge in [-0.25, -0.2) is 0 Å². The third-order valence-corrected chi connectivity index (χ3v) is 4.33. The summed E-state index contributed by atoms with van der Waals surface area (Å²) in [5, 5.41) is 1.23. The van der Waals surface area contributed by atoms with Crippen molar-refractivity contribution in [1.29, 1.82) is 0 Å². The predicted molar refractivity (Wildman–Crippen MR) is 91.1 cm³/mol. The third-order valence-electron chi connectivity index (χ3n) is 4.33.